The van der Waals surface area contributed by atoms with E-state index in [0.717, 1.165) is 22.4 Å². The van der Waals surface area contributed by atoms with Gasteiger partial charge >= 0.3 is 0 Å². The number of imidazole rings is 1. The van der Waals surface area contributed by atoms with Gasteiger partial charge in [-0.05, 0) is 49.4 Å². The zero-order chi connectivity index (χ0) is 21.4. The largest absolute Gasteiger partial charge is 0.327 e. The van der Waals surface area contributed by atoms with E-state index < -0.39 is 0 Å². The Kier molecular flexibility index (Phi) is 4.76. The van der Waals surface area contributed by atoms with Crippen molar-refractivity contribution in [1.29, 1.82) is 0 Å². The molecule has 3 aromatic heterocycles. The van der Waals surface area contributed by atoms with Crippen LogP contribution < -0.4 is 5.32 Å². The standard InChI is InChI=1S/C23H18N6OS/c1-14-19(31-23(26-14)20-24-12-5-13-25-20)22(30)27-16-10-8-15(9-11-16)21-28-17-6-3-4-7-18(17)29(21)2/h3-13H,1-2H3,(H,27,30). The van der Waals surface area contributed by atoms with Gasteiger partial charge in [0.25, 0.3) is 5.91 Å². The highest BCUT2D eigenvalue weighted by Gasteiger charge is 2.18. The second-order valence-electron chi connectivity index (χ2n) is 7.02. The third-order valence-corrected chi connectivity index (χ3v) is 6.10. The van der Waals surface area contributed by atoms with E-state index in [0.29, 0.717) is 27.1 Å². The summed E-state index contributed by atoms with van der Waals surface area (Å²) in [5, 5.41) is 3.57. The number of nitrogens with one attached hydrogen (secondary N) is 1. The first-order valence-electron chi connectivity index (χ1n) is 9.68. The third kappa shape index (κ3) is 3.57. The molecule has 152 valence electrons. The van der Waals surface area contributed by atoms with E-state index in [1.807, 2.05) is 62.5 Å². The number of benzene rings is 2. The lowest BCUT2D eigenvalue weighted by atomic mass is 10.2. The van der Waals surface area contributed by atoms with Crippen LogP contribution in [0.2, 0.25) is 0 Å². The van der Waals surface area contributed by atoms with Crippen LogP contribution >= 0.6 is 11.3 Å². The number of carbonyl (C=O) groups is 1. The summed E-state index contributed by atoms with van der Waals surface area (Å²) in [5.41, 5.74) is 4.37. The summed E-state index contributed by atoms with van der Waals surface area (Å²) >= 11 is 1.28. The molecule has 1 N–H and O–H groups in total. The van der Waals surface area contributed by atoms with Crippen molar-refractivity contribution in [1.82, 2.24) is 24.5 Å². The van der Waals surface area contributed by atoms with Crippen LogP contribution in [-0.4, -0.2) is 30.4 Å². The molecule has 0 unspecified atom stereocenters. The number of amides is 1. The minimum atomic E-state index is -0.201. The second kappa shape index (κ2) is 7.73. The van der Waals surface area contributed by atoms with Gasteiger partial charge in [0.1, 0.15) is 10.7 Å². The molecule has 8 heteroatoms. The predicted octanol–water partition coefficient (Wildman–Crippen LogP) is 4.71. The van der Waals surface area contributed by atoms with E-state index in [4.69, 9.17) is 4.98 Å². The van der Waals surface area contributed by atoms with Gasteiger partial charge in [-0.2, -0.15) is 0 Å². The molecule has 0 radical (unpaired) electrons. The Morgan fingerprint density at radius 3 is 2.45 bits per heavy atom. The molecule has 0 bridgehead atoms. The van der Waals surface area contributed by atoms with E-state index in [2.05, 4.69) is 24.8 Å². The maximum absolute atomic E-state index is 12.8. The Labute approximate surface area is 182 Å². The monoisotopic (exact) mass is 426 g/mol. The highest BCUT2D eigenvalue weighted by molar-refractivity contribution is 7.17. The first-order chi connectivity index (χ1) is 15.1. The number of nitrogens with zero attached hydrogens (tertiary/aromatic N) is 5. The van der Waals surface area contributed by atoms with E-state index >= 15 is 0 Å². The van der Waals surface area contributed by atoms with Gasteiger partial charge in [-0.25, -0.2) is 19.9 Å². The van der Waals surface area contributed by atoms with Crippen molar-refractivity contribution in [3.05, 3.63) is 77.6 Å². The van der Waals surface area contributed by atoms with Gasteiger partial charge in [0, 0.05) is 30.7 Å². The summed E-state index contributed by atoms with van der Waals surface area (Å²) in [6.07, 6.45) is 3.32. The van der Waals surface area contributed by atoms with Gasteiger partial charge < -0.3 is 9.88 Å². The fourth-order valence-corrected chi connectivity index (χ4v) is 4.32. The number of hydrogen-bond acceptors (Lipinski definition) is 6. The van der Waals surface area contributed by atoms with Crippen molar-refractivity contribution in [2.45, 2.75) is 6.92 Å². The van der Waals surface area contributed by atoms with Gasteiger partial charge in [0.15, 0.2) is 10.8 Å². The van der Waals surface area contributed by atoms with Crippen LogP contribution in [-0.2, 0) is 7.05 Å². The number of para-hydroxylation sites is 2. The number of carbonyl (C=O) groups excluding carboxylic acids is 1. The molecular weight excluding hydrogens is 408 g/mol. The van der Waals surface area contributed by atoms with Crippen LogP contribution in [0.1, 0.15) is 15.4 Å². The molecule has 5 aromatic rings. The Morgan fingerprint density at radius 1 is 0.968 bits per heavy atom. The lowest BCUT2D eigenvalue weighted by Gasteiger charge is -2.06. The van der Waals surface area contributed by atoms with Crippen molar-refractivity contribution >= 4 is 34.0 Å². The second-order valence-corrected chi connectivity index (χ2v) is 8.02. The molecule has 3 heterocycles. The Morgan fingerprint density at radius 2 is 1.71 bits per heavy atom. The fourth-order valence-electron chi connectivity index (χ4n) is 3.41. The van der Waals surface area contributed by atoms with Gasteiger partial charge in [0.05, 0.1) is 16.7 Å². The normalized spacial score (nSPS) is 11.0. The lowest BCUT2D eigenvalue weighted by molar-refractivity contribution is 0.103. The van der Waals surface area contributed by atoms with Crippen LogP contribution in [0.15, 0.2) is 67.0 Å². The molecule has 5 rings (SSSR count). The summed E-state index contributed by atoms with van der Waals surface area (Å²) < 4.78 is 2.07. The predicted molar refractivity (Wildman–Crippen MR) is 122 cm³/mol. The molecule has 1 amide bonds. The van der Waals surface area contributed by atoms with Crippen LogP contribution in [0.5, 0.6) is 0 Å². The number of aryl methyl sites for hydroxylation is 2. The maximum Gasteiger partial charge on any atom is 0.267 e. The molecule has 0 aliphatic rings. The van der Waals surface area contributed by atoms with Gasteiger partial charge in [0.2, 0.25) is 0 Å². The summed E-state index contributed by atoms with van der Waals surface area (Å²) in [4.78, 5) is 30.9. The minimum absolute atomic E-state index is 0.201. The summed E-state index contributed by atoms with van der Waals surface area (Å²) in [7, 11) is 2.00. The van der Waals surface area contributed by atoms with Crippen molar-refractivity contribution in [2.24, 2.45) is 7.05 Å². The number of anilines is 1. The molecule has 0 spiro atoms. The van der Waals surface area contributed by atoms with Crippen LogP contribution in [0.4, 0.5) is 5.69 Å². The maximum atomic E-state index is 12.8. The van der Waals surface area contributed by atoms with E-state index in [-0.39, 0.29) is 5.91 Å². The van der Waals surface area contributed by atoms with Crippen LogP contribution in [0.25, 0.3) is 33.3 Å². The molecule has 0 aliphatic heterocycles. The zero-order valence-corrected chi connectivity index (χ0v) is 17.7. The SMILES string of the molecule is Cc1nc(-c2ncccn2)sc1C(=O)Nc1ccc(-c2nc3ccccc3n2C)cc1. The Bertz CT molecular complexity index is 1390. The average molecular weight is 427 g/mol. The highest BCUT2D eigenvalue weighted by Crippen LogP contribution is 2.27. The van der Waals surface area contributed by atoms with Gasteiger partial charge in [-0.3, -0.25) is 4.79 Å². The Balaban J connectivity index is 1.37. The van der Waals surface area contributed by atoms with Crippen molar-refractivity contribution < 1.29 is 4.79 Å². The van der Waals surface area contributed by atoms with Crippen molar-refractivity contribution in [2.75, 3.05) is 5.32 Å². The molecule has 0 atom stereocenters. The molecule has 31 heavy (non-hydrogen) atoms. The topological polar surface area (TPSA) is 85.6 Å². The van der Waals surface area contributed by atoms with Gasteiger partial charge in [-0.1, -0.05) is 12.1 Å². The number of fused-ring (bicyclic) bond motifs is 1. The first-order valence-corrected chi connectivity index (χ1v) is 10.5. The van der Waals surface area contributed by atoms with E-state index in [9.17, 15) is 4.79 Å². The molecule has 0 aliphatic carbocycles. The summed E-state index contributed by atoms with van der Waals surface area (Å²) in [6.45, 7) is 1.81. The molecule has 2 aromatic carbocycles. The summed E-state index contributed by atoms with van der Waals surface area (Å²) in [5.74, 6) is 1.19. The number of hydrogen-bond donors (Lipinski definition) is 1. The summed E-state index contributed by atoms with van der Waals surface area (Å²) in [6, 6.07) is 17.5. The smallest absolute Gasteiger partial charge is 0.267 e. The fraction of sp³-hybridized carbons (Fsp3) is 0.0870. The minimum Gasteiger partial charge on any atom is -0.327 e. The molecular formula is C23H18N6OS. The molecule has 7 nitrogen and oxygen atoms in total. The first kappa shape index (κ1) is 19.1. The quantitative estimate of drug-likeness (QED) is 0.450. The van der Waals surface area contributed by atoms with Gasteiger partial charge in [-0.15, -0.1) is 11.3 Å². The average Bonchev–Trinajstić information content (AvgIpc) is 3.35. The van der Waals surface area contributed by atoms with Crippen molar-refractivity contribution in [3.8, 4) is 22.2 Å². The molecule has 0 saturated carbocycles. The molecule has 0 saturated heterocycles. The molecule has 0 fully saturated rings. The van der Waals surface area contributed by atoms with Crippen molar-refractivity contribution in [3.63, 3.8) is 0 Å². The van der Waals surface area contributed by atoms with Crippen LogP contribution in [0.3, 0.4) is 0 Å². The highest BCUT2D eigenvalue weighted by atomic mass is 32.1. The Hall–Kier alpha value is -3.91. The van der Waals surface area contributed by atoms with Crippen LogP contribution in [0, 0.1) is 6.92 Å². The van der Waals surface area contributed by atoms with E-state index in [1.54, 1.807) is 18.5 Å². The lowest BCUT2D eigenvalue weighted by Crippen LogP contribution is -2.11. The zero-order valence-electron chi connectivity index (χ0n) is 16.9. The number of rotatable bonds is 4. The third-order valence-electron chi connectivity index (χ3n) is 4.95. The van der Waals surface area contributed by atoms with E-state index in [1.165, 1.54) is 11.3 Å². The number of thiazole rings is 1. The number of aromatic nitrogens is 5.